The van der Waals surface area contributed by atoms with Crippen molar-refractivity contribution in [2.75, 3.05) is 7.11 Å². The van der Waals surface area contributed by atoms with E-state index in [9.17, 15) is 24.0 Å². The van der Waals surface area contributed by atoms with Crippen LogP contribution in [-0.4, -0.2) is 63.2 Å². The van der Waals surface area contributed by atoms with Crippen molar-refractivity contribution in [1.82, 2.24) is 9.80 Å². The highest BCUT2D eigenvalue weighted by molar-refractivity contribution is 8.14. The van der Waals surface area contributed by atoms with Crippen LogP contribution in [0.4, 0.5) is 0 Å². The Balaban J connectivity index is 1.72. The van der Waals surface area contributed by atoms with Gasteiger partial charge in [0.15, 0.2) is 6.04 Å². The fraction of sp³-hybridized carbons (Fsp3) is 0.208. The van der Waals surface area contributed by atoms with Crippen LogP contribution in [0.15, 0.2) is 66.7 Å². The molecule has 0 N–H and O–H groups in total. The number of hydrogen-bond donors (Lipinski definition) is 0. The van der Waals surface area contributed by atoms with Gasteiger partial charge in [-0.25, -0.2) is 4.79 Å². The minimum Gasteiger partial charge on any atom is -0.467 e. The van der Waals surface area contributed by atoms with Gasteiger partial charge in [0.25, 0.3) is 17.7 Å². The molecule has 2 aromatic rings. The minimum atomic E-state index is -1.25. The third-order valence-corrected chi connectivity index (χ3v) is 6.74. The van der Waals surface area contributed by atoms with E-state index < -0.39 is 41.1 Å². The summed E-state index contributed by atoms with van der Waals surface area (Å²) in [5, 5.41) is -1.36. The number of esters is 1. The fourth-order valence-corrected chi connectivity index (χ4v) is 5.18. The Morgan fingerprint density at radius 2 is 1.52 bits per heavy atom. The van der Waals surface area contributed by atoms with Crippen LogP contribution in [0.25, 0.3) is 0 Å². The number of amides is 3. The van der Waals surface area contributed by atoms with Crippen LogP contribution in [-0.2, 0) is 14.3 Å². The number of rotatable bonds is 6. The molecule has 0 bridgehead atoms. The van der Waals surface area contributed by atoms with Crippen LogP contribution in [0.2, 0.25) is 0 Å². The van der Waals surface area contributed by atoms with Crippen molar-refractivity contribution in [1.29, 1.82) is 0 Å². The Bertz CT molecular complexity index is 1160. The molecule has 1 saturated heterocycles. The molecule has 3 atom stereocenters. The minimum absolute atomic E-state index is 0.191. The van der Waals surface area contributed by atoms with Gasteiger partial charge < -0.3 is 9.64 Å². The van der Waals surface area contributed by atoms with Crippen molar-refractivity contribution in [3.05, 3.63) is 83.4 Å². The van der Waals surface area contributed by atoms with Gasteiger partial charge in [-0.15, -0.1) is 0 Å². The van der Waals surface area contributed by atoms with Crippen LogP contribution in [0.5, 0.6) is 0 Å². The lowest BCUT2D eigenvalue weighted by atomic mass is 9.98. The summed E-state index contributed by atoms with van der Waals surface area (Å²) in [6, 6.07) is 12.3. The summed E-state index contributed by atoms with van der Waals surface area (Å²) in [5.74, 6) is -2.59. The SMILES string of the molecule is C=C(C)C(C(=O)OC)N1C(=O)C(N2C(=O)c3ccccc3C2=O)C1SC(=O)c1ccccc1. The second-order valence-electron chi connectivity index (χ2n) is 7.65. The normalized spacial score (nSPS) is 20.2. The Hall–Kier alpha value is -3.72. The first-order valence-corrected chi connectivity index (χ1v) is 10.9. The van der Waals surface area contributed by atoms with E-state index in [0.29, 0.717) is 11.1 Å². The first-order chi connectivity index (χ1) is 15.8. The van der Waals surface area contributed by atoms with Crippen molar-refractivity contribution in [3.8, 4) is 0 Å². The predicted octanol–water partition coefficient (Wildman–Crippen LogP) is 2.51. The maximum absolute atomic E-state index is 13.3. The second-order valence-corrected chi connectivity index (χ2v) is 8.74. The quantitative estimate of drug-likeness (QED) is 0.280. The number of hydrogen-bond acceptors (Lipinski definition) is 7. The second kappa shape index (κ2) is 8.67. The van der Waals surface area contributed by atoms with Crippen LogP contribution in [0.1, 0.15) is 38.0 Å². The summed E-state index contributed by atoms with van der Waals surface area (Å²) in [6.07, 6.45) is 0. The largest absolute Gasteiger partial charge is 0.467 e. The molecule has 0 radical (unpaired) electrons. The van der Waals surface area contributed by atoms with Gasteiger partial charge in [0.2, 0.25) is 5.12 Å². The Kier molecular flexibility index (Phi) is 5.90. The molecule has 8 nitrogen and oxygen atoms in total. The molecule has 0 spiro atoms. The average molecular weight is 464 g/mol. The summed E-state index contributed by atoms with van der Waals surface area (Å²) in [4.78, 5) is 66.8. The molecule has 4 rings (SSSR count). The Morgan fingerprint density at radius 3 is 2.03 bits per heavy atom. The maximum Gasteiger partial charge on any atom is 0.332 e. The maximum atomic E-state index is 13.3. The number of nitrogens with zero attached hydrogens (tertiary/aromatic N) is 2. The number of β-lactam (4-membered cyclic amide) rings is 1. The molecule has 0 saturated carbocycles. The third kappa shape index (κ3) is 3.64. The van der Waals surface area contributed by atoms with Crippen molar-refractivity contribution < 1.29 is 28.7 Å². The molecule has 33 heavy (non-hydrogen) atoms. The average Bonchev–Trinajstić information content (AvgIpc) is 3.07. The molecule has 168 valence electrons. The Morgan fingerprint density at radius 1 is 0.970 bits per heavy atom. The lowest BCUT2D eigenvalue weighted by Crippen LogP contribution is -2.73. The zero-order chi connectivity index (χ0) is 23.9. The highest BCUT2D eigenvalue weighted by atomic mass is 32.2. The number of thioether (sulfide) groups is 1. The van der Waals surface area contributed by atoms with Gasteiger partial charge in [0, 0.05) is 5.56 Å². The summed E-state index contributed by atoms with van der Waals surface area (Å²) < 4.78 is 4.84. The van der Waals surface area contributed by atoms with E-state index in [-0.39, 0.29) is 16.2 Å². The van der Waals surface area contributed by atoms with E-state index in [0.717, 1.165) is 21.6 Å². The number of likely N-dealkylation sites (tertiary alicyclic amines) is 1. The summed E-state index contributed by atoms with van der Waals surface area (Å²) in [5.41, 5.74) is 1.09. The van der Waals surface area contributed by atoms with Gasteiger partial charge in [0.05, 0.1) is 18.2 Å². The van der Waals surface area contributed by atoms with Gasteiger partial charge in [0.1, 0.15) is 11.4 Å². The van der Waals surface area contributed by atoms with Gasteiger partial charge in [-0.2, -0.15) is 0 Å². The highest BCUT2D eigenvalue weighted by Gasteiger charge is 2.60. The number of methoxy groups -OCH3 is 1. The van der Waals surface area contributed by atoms with Crippen LogP contribution in [0, 0.1) is 0 Å². The lowest BCUT2D eigenvalue weighted by molar-refractivity contribution is -0.163. The summed E-state index contributed by atoms with van der Waals surface area (Å²) >= 11 is 0.774. The first kappa shape index (κ1) is 22.5. The molecule has 0 aliphatic carbocycles. The molecular formula is C24H20N2O6S. The van der Waals surface area contributed by atoms with E-state index in [1.807, 2.05) is 0 Å². The number of fused-ring (bicyclic) bond motifs is 1. The molecule has 2 aliphatic heterocycles. The van der Waals surface area contributed by atoms with Crippen molar-refractivity contribution >= 4 is 40.6 Å². The molecule has 2 aromatic carbocycles. The molecule has 0 aromatic heterocycles. The molecule has 3 unspecified atom stereocenters. The number of benzene rings is 2. The summed E-state index contributed by atoms with van der Waals surface area (Å²) in [7, 11) is 1.18. The monoisotopic (exact) mass is 464 g/mol. The van der Waals surface area contributed by atoms with Gasteiger partial charge >= 0.3 is 5.97 Å². The number of imide groups is 1. The van der Waals surface area contributed by atoms with Crippen molar-refractivity contribution in [2.45, 2.75) is 24.4 Å². The van der Waals surface area contributed by atoms with E-state index in [1.54, 1.807) is 49.4 Å². The van der Waals surface area contributed by atoms with Crippen molar-refractivity contribution in [3.63, 3.8) is 0 Å². The zero-order valence-electron chi connectivity index (χ0n) is 17.9. The number of carbonyl (C=O) groups is 5. The lowest BCUT2D eigenvalue weighted by Gasteiger charge is -2.51. The van der Waals surface area contributed by atoms with E-state index in [2.05, 4.69) is 6.58 Å². The van der Waals surface area contributed by atoms with E-state index in [1.165, 1.54) is 19.2 Å². The Labute approximate surface area is 194 Å². The summed E-state index contributed by atoms with van der Waals surface area (Å²) in [6.45, 7) is 5.34. The van der Waals surface area contributed by atoms with Gasteiger partial charge in [-0.1, -0.05) is 60.8 Å². The van der Waals surface area contributed by atoms with Gasteiger partial charge in [-0.05, 0) is 24.6 Å². The van der Waals surface area contributed by atoms with Crippen LogP contribution < -0.4 is 0 Å². The number of carbonyl (C=O) groups excluding carboxylic acids is 5. The predicted molar refractivity (Wildman–Crippen MR) is 120 cm³/mol. The molecule has 1 fully saturated rings. The molecule has 9 heteroatoms. The molecule has 2 aliphatic rings. The van der Waals surface area contributed by atoms with E-state index in [4.69, 9.17) is 4.74 Å². The fourth-order valence-electron chi connectivity index (χ4n) is 3.98. The standard InChI is InChI=1S/C24H20N2O6S/c1-13(2)17(23(30)32-3)26-21(29)18(22(26)33-24(31)14-9-5-4-6-10-14)25-19(27)15-11-7-8-12-16(15)20(25)28/h4-12,17-18,22H,1H2,2-3H3. The third-order valence-electron chi connectivity index (χ3n) is 5.56. The van der Waals surface area contributed by atoms with Crippen LogP contribution >= 0.6 is 11.8 Å². The van der Waals surface area contributed by atoms with Crippen molar-refractivity contribution in [2.24, 2.45) is 0 Å². The highest BCUT2D eigenvalue weighted by Crippen LogP contribution is 2.41. The van der Waals surface area contributed by atoms with Gasteiger partial charge in [-0.3, -0.25) is 24.1 Å². The molecule has 2 heterocycles. The zero-order valence-corrected chi connectivity index (χ0v) is 18.7. The topological polar surface area (TPSA) is 101 Å². The molecule has 3 amide bonds. The smallest absolute Gasteiger partial charge is 0.332 e. The first-order valence-electron chi connectivity index (χ1n) is 10.1. The molecular weight excluding hydrogens is 444 g/mol. The van der Waals surface area contributed by atoms with Crippen LogP contribution in [0.3, 0.4) is 0 Å². The number of ether oxygens (including phenoxy) is 1. The van der Waals surface area contributed by atoms with E-state index >= 15 is 0 Å².